The van der Waals surface area contributed by atoms with Crippen molar-refractivity contribution in [2.24, 2.45) is 0 Å². The first-order valence-electron chi connectivity index (χ1n) is 6.39. The molecule has 1 aromatic rings. The third-order valence-electron chi connectivity index (χ3n) is 2.70. The molecule has 5 nitrogen and oxygen atoms in total. The third kappa shape index (κ3) is 4.99. The monoisotopic (exact) mass is 264 g/mol. The summed E-state index contributed by atoms with van der Waals surface area (Å²) in [7, 11) is 0. The molecule has 5 heteroatoms. The first-order valence-corrected chi connectivity index (χ1v) is 6.39. The number of hydrogen-bond donors (Lipinski definition) is 2. The van der Waals surface area contributed by atoms with Gasteiger partial charge in [-0.15, -0.1) is 0 Å². The molecule has 1 aromatic carbocycles. The molecule has 0 heterocycles. The summed E-state index contributed by atoms with van der Waals surface area (Å²) in [6.45, 7) is 3.59. The molecular weight excluding hydrogens is 244 g/mol. The van der Waals surface area contributed by atoms with E-state index in [2.05, 4.69) is 5.32 Å². The summed E-state index contributed by atoms with van der Waals surface area (Å²) in [6, 6.07) is 8.44. The number of benzene rings is 1. The number of anilines is 1. The van der Waals surface area contributed by atoms with E-state index in [0.717, 1.165) is 12.8 Å². The van der Waals surface area contributed by atoms with Gasteiger partial charge in [0.25, 0.3) is 0 Å². The van der Waals surface area contributed by atoms with Gasteiger partial charge in [-0.05, 0) is 25.5 Å². The van der Waals surface area contributed by atoms with E-state index in [4.69, 9.17) is 5.11 Å². The number of carbonyl (C=O) groups is 2. The van der Waals surface area contributed by atoms with Gasteiger partial charge in [-0.25, -0.2) is 4.79 Å². The molecule has 0 aliphatic rings. The van der Waals surface area contributed by atoms with Gasteiger partial charge in [0.05, 0.1) is 0 Å². The lowest BCUT2D eigenvalue weighted by molar-refractivity contribution is -0.135. The number of urea groups is 1. The summed E-state index contributed by atoms with van der Waals surface area (Å²) < 4.78 is 0. The molecule has 1 atom stereocenters. The fourth-order valence-corrected chi connectivity index (χ4v) is 1.82. The van der Waals surface area contributed by atoms with E-state index in [1.807, 2.05) is 19.9 Å². The van der Waals surface area contributed by atoms with Crippen molar-refractivity contribution >= 4 is 17.7 Å². The highest BCUT2D eigenvalue weighted by atomic mass is 16.4. The van der Waals surface area contributed by atoms with Crippen LogP contribution in [0.25, 0.3) is 0 Å². The highest BCUT2D eigenvalue weighted by Crippen LogP contribution is 2.13. The van der Waals surface area contributed by atoms with Crippen LogP contribution in [0.4, 0.5) is 10.5 Å². The van der Waals surface area contributed by atoms with E-state index in [0.29, 0.717) is 5.69 Å². The maximum atomic E-state index is 12.1. The second-order valence-electron chi connectivity index (χ2n) is 4.45. The Labute approximate surface area is 113 Å². The van der Waals surface area contributed by atoms with Crippen LogP contribution < -0.4 is 10.2 Å². The van der Waals surface area contributed by atoms with Crippen LogP contribution in [0.3, 0.4) is 0 Å². The van der Waals surface area contributed by atoms with Crippen molar-refractivity contribution in [3.05, 3.63) is 30.3 Å². The first-order chi connectivity index (χ1) is 9.04. The molecule has 0 aliphatic carbocycles. The molecule has 0 bridgehead atoms. The summed E-state index contributed by atoms with van der Waals surface area (Å²) in [5, 5.41) is 11.7. The van der Waals surface area contributed by atoms with E-state index >= 15 is 0 Å². The molecule has 0 aromatic heterocycles. The standard InChI is InChI=1S/C14H20N2O3/c1-3-7-11(2)15-14(19)16(10-13(17)18)12-8-5-4-6-9-12/h4-6,8-9,11H,3,7,10H2,1-2H3,(H,15,19)(H,17,18). The van der Waals surface area contributed by atoms with Gasteiger partial charge in [0.1, 0.15) is 6.54 Å². The van der Waals surface area contributed by atoms with Crippen LogP contribution in [0, 0.1) is 0 Å². The number of aliphatic carboxylic acids is 1. The number of nitrogens with zero attached hydrogens (tertiary/aromatic N) is 1. The minimum absolute atomic E-state index is 0.0255. The van der Waals surface area contributed by atoms with Crippen molar-refractivity contribution < 1.29 is 14.7 Å². The van der Waals surface area contributed by atoms with E-state index in [1.54, 1.807) is 24.3 Å². The Kier molecular flexibility index (Phi) is 5.85. The van der Waals surface area contributed by atoms with E-state index in [1.165, 1.54) is 4.90 Å². The summed E-state index contributed by atoms with van der Waals surface area (Å²) in [5.74, 6) is -1.04. The Bertz CT molecular complexity index is 420. The SMILES string of the molecule is CCCC(C)NC(=O)N(CC(=O)O)c1ccccc1. The van der Waals surface area contributed by atoms with Crippen molar-refractivity contribution in [1.82, 2.24) is 5.32 Å². The fraction of sp³-hybridized carbons (Fsp3) is 0.429. The predicted molar refractivity (Wildman–Crippen MR) is 74.3 cm³/mol. The summed E-state index contributed by atoms with van der Waals surface area (Å²) in [4.78, 5) is 24.2. The van der Waals surface area contributed by atoms with Crippen LogP contribution in [0.2, 0.25) is 0 Å². The first kappa shape index (κ1) is 15.0. The van der Waals surface area contributed by atoms with Crippen LogP contribution in [0.15, 0.2) is 30.3 Å². The van der Waals surface area contributed by atoms with Crippen LogP contribution in [-0.2, 0) is 4.79 Å². The summed E-state index contributed by atoms with van der Waals surface area (Å²) in [6.07, 6.45) is 1.83. The molecule has 0 saturated heterocycles. The number of rotatable bonds is 6. The molecule has 1 unspecified atom stereocenters. The average Bonchev–Trinajstić information content (AvgIpc) is 2.37. The average molecular weight is 264 g/mol. The molecule has 0 fully saturated rings. The molecule has 2 amide bonds. The molecule has 1 rings (SSSR count). The topological polar surface area (TPSA) is 69.6 Å². The molecule has 19 heavy (non-hydrogen) atoms. The van der Waals surface area contributed by atoms with Crippen LogP contribution in [0.1, 0.15) is 26.7 Å². The smallest absolute Gasteiger partial charge is 0.323 e. The van der Waals surface area contributed by atoms with E-state index < -0.39 is 5.97 Å². The van der Waals surface area contributed by atoms with Gasteiger partial charge in [0.2, 0.25) is 0 Å². The number of carboxylic acid groups (broad SMARTS) is 1. The van der Waals surface area contributed by atoms with E-state index in [-0.39, 0.29) is 18.6 Å². The van der Waals surface area contributed by atoms with Crippen molar-refractivity contribution in [2.75, 3.05) is 11.4 Å². The molecular formula is C14H20N2O3. The van der Waals surface area contributed by atoms with Gasteiger partial charge < -0.3 is 10.4 Å². The van der Waals surface area contributed by atoms with Gasteiger partial charge in [-0.3, -0.25) is 9.69 Å². The maximum absolute atomic E-state index is 12.1. The number of carbonyl (C=O) groups excluding carboxylic acids is 1. The predicted octanol–water partition coefficient (Wildman–Crippen LogP) is 2.48. The normalized spacial score (nSPS) is 11.7. The van der Waals surface area contributed by atoms with Gasteiger partial charge >= 0.3 is 12.0 Å². The Morgan fingerprint density at radius 1 is 1.32 bits per heavy atom. The van der Waals surface area contributed by atoms with Gasteiger partial charge in [-0.1, -0.05) is 31.5 Å². The number of nitrogens with one attached hydrogen (secondary N) is 1. The second kappa shape index (κ2) is 7.41. The van der Waals surface area contributed by atoms with Crippen LogP contribution >= 0.6 is 0 Å². The highest BCUT2D eigenvalue weighted by molar-refractivity contribution is 5.96. The van der Waals surface area contributed by atoms with E-state index in [9.17, 15) is 9.59 Å². The minimum Gasteiger partial charge on any atom is -0.480 e. The quantitative estimate of drug-likeness (QED) is 0.829. The van der Waals surface area contributed by atoms with Gasteiger partial charge in [-0.2, -0.15) is 0 Å². The largest absolute Gasteiger partial charge is 0.480 e. The Balaban J connectivity index is 2.80. The van der Waals surface area contributed by atoms with Crippen molar-refractivity contribution in [3.8, 4) is 0 Å². The number of amides is 2. The molecule has 2 N–H and O–H groups in total. The molecule has 104 valence electrons. The lowest BCUT2D eigenvalue weighted by Crippen LogP contribution is -2.46. The van der Waals surface area contributed by atoms with Crippen molar-refractivity contribution in [1.29, 1.82) is 0 Å². The van der Waals surface area contributed by atoms with Gasteiger partial charge in [0.15, 0.2) is 0 Å². The minimum atomic E-state index is -1.04. The van der Waals surface area contributed by atoms with Crippen molar-refractivity contribution in [2.45, 2.75) is 32.7 Å². The number of para-hydroxylation sites is 1. The number of carboxylic acids is 1. The van der Waals surface area contributed by atoms with Crippen molar-refractivity contribution in [3.63, 3.8) is 0 Å². The Morgan fingerprint density at radius 3 is 2.47 bits per heavy atom. The second-order valence-corrected chi connectivity index (χ2v) is 4.45. The summed E-state index contributed by atoms with van der Waals surface area (Å²) >= 11 is 0. The molecule has 0 radical (unpaired) electrons. The maximum Gasteiger partial charge on any atom is 0.323 e. The highest BCUT2D eigenvalue weighted by Gasteiger charge is 2.19. The zero-order valence-corrected chi connectivity index (χ0v) is 11.3. The third-order valence-corrected chi connectivity index (χ3v) is 2.70. The lowest BCUT2D eigenvalue weighted by Gasteiger charge is -2.23. The lowest BCUT2D eigenvalue weighted by atomic mass is 10.2. The van der Waals surface area contributed by atoms with Crippen LogP contribution in [-0.4, -0.2) is 29.7 Å². The summed E-state index contributed by atoms with van der Waals surface area (Å²) in [5.41, 5.74) is 0.575. The molecule has 0 saturated carbocycles. The zero-order valence-electron chi connectivity index (χ0n) is 11.3. The Morgan fingerprint density at radius 2 is 1.95 bits per heavy atom. The molecule has 0 aliphatic heterocycles. The number of hydrogen-bond acceptors (Lipinski definition) is 2. The van der Waals surface area contributed by atoms with Crippen LogP contribution in [0.5, 0.6) is 0 Å². The fourth-order valence-electron chi connectivity index (χ4n) is 1.82. The van der Waals surface area contributed by atoms with Gasteiger partial charge in [0, 0.05) is 11.7 Å². The zero-order chi connectivity index (χ0) is 14.3. The molecule has 0 spiro atoms. The Hall–Kier alpha value is -2.04.